The highest BCUT2D eigenvalue weighted by molar-refractivity contribution is 6.16. The molecule has 0 amide bonds. The van der Waals surface area contributed by atoms with Crippen molar-refractivity contribution in [2.75, 3.05) is 6.61 Å². The highest BCUT2D eigenvalue weighted by Crippen LogP contribution is 2.68. The van der Waals surface area contributed by atoms with Gasteiger partial charge in [-0.15, -0.1) is 0 Å². The van der Waals surface area contributed by atoms with Crippen LogP contribution in [0.2, 0.25) is 0 Å². The molecule has 4 fully saturated rings. The maximum Gasteiger partial charge on any atom is 0.338 e. The lowest BCUT2D eigenvalue weighted by Crippen LogP contribution is -2.71. The Hall–Kier alpha value is -3.29. The molecule has 3 aliphatic carbocycles. The average Bonchev–Trinajstić information content (AvgIpc) is 2.98. The molecule has 0 radical (unpaired) electrons. The quantitative estimate of drug-likeness (QED) is 0.200. The number of benzene rings is 1. The van der Waals surface area contributed by atoms with Crippen LogP contribution < -0.4 is 0 Å². The predicted molar refractivity (Wildman–Crippen MR) is 130 cm³/mol. The summed E-state index contributed by atoms with van der Waals surface area (Å²) in [6, 6.07) is 8.36. The van der Waals surface area contributed by atoms with Gasteiger partial charge in [-0.3, -0.25) is 14.4 Å². The van der Waals surface area contributed by atoms with Crippen molar-refractivity contribution in [1.82, 2.24) is 0 Å². The molecule has 8 nitrogen and oxygen atoms in total. The Balaban J connectivity index is 1.68. The van der Waals surface area contributed by atoms with Gasteiger partial charge >= 0.3 is 17.9 Å². The zero-order valence-corrected chi connectivity index (χ0v) is 21.4. The van der Waals surface area contributed by atoms with Gasteiger partial charge in [0, 0.05) is 18.8 Å². The Morgan fingerprint density at radius 3 is 2.43 bits per heavy atom. The van der Waals surface area contributed by atoms with E-state index in [-0.39, 0.29) is 12.2 Å². The van der Waals surface area contributed by atoms with E-state index in [9.17, 15) is 24.0 Å². The lowest BCUT2D eigenvalue weighted by Gasteiger charge is -2.62. The lowest BCUT2D eigenvalue weighted by molar-refractivity contribution is -0.250. The number of aldehydes is 1. The van der Waals surface area contributed by atoms with Gasteiger partial charge in [-0.2, -0.15) is 0 Å². The first-order valence-electron chi connectivity index (χ1n) is 12.8. The van der Waals surface area contributed by atoms with E-state index in [1.807, 2.05) is 13.8 Å². The van der Waals surface area contributed by atoms with Gasteiger partial charge in [0.2, 0.25) is 0 Å². The van der Waals surface area contributed by atoms with Gasteiger partial charge in [-0.1, -0.05) is 38.6 Å². The zero-order chi connectivity index (χ0) is 26.8. The van der Waals surface area contributed by atoms with Crippen molar-refractivity contribution in [2.24, 2.45) is 34.0 Å². The Kier molecular flexibility index (Phi) is 5.92. The molecule has 3 saturated carbocycles. The Morgan fingerprint density at radius 2 is 1.78 bits per heavy atom. The average molecular weight is 509 g/mol. The van der Waals surface area contributed by atoms with Crippen molar-refractivity contribution < 1.29 is 38.2 Å². The molecule has 0 aromatic heterocycles. The molecule has 8 heteroatoms. The maximum atomic E-state index is 14.0. The number of Topliss-reactive ketones (excluding diaryl/α,β-unsaturated/α-hetero) is 1. The van der Waals surface area contributed by atoms with Gasteiger partial charge in [-0.05, 0) is 54.7 Å². The van der Waals surface area contributed by atoms with Crippen LogP contribution in [0.25, 0.3) is 0 Å². The van der Waals surface area contributed by atoms with Crippen LogP contribution in [-0.4, -0.2) is 48.8 Å². The monoisotopic (exact) mass is 508 g/mol. The number of carbonyl (C=O) groups excluding carboxylic acids is 5. The van der Waals surface area contributed by atoms with Crippen molar-refractivity contribution >= 4 is 30.0 Å². The van der Waals surface area contributed by atoms with Crippen LogP contribution in [0.15, 0.2) is 42.5 Å². The van der Waals surface area contributed by atoms with Gasteiger partial charge in [0.05, 0.1) is 11.0 Å². The fourth-order valence-corrected chi connectivity index (χ4v) is 7.87. The van der Waals surface area contributed by atoms with Gasteiger partial charge in [-0.25, -0.2) is 4.79 Å². The number of fused-ring (bicyclic) bond motifs is 2. The highest BCUT2D eigenvalue weighted by Gasteiger charge is 2.79. The van der Waals surface area contributed by atoms with Crippen LogP contribution in [0.4, 0.5) is 0 Å². The van der Waals surface area contributed by atoms with Crippen LogP contribution in [0, 0.1) is 34.0 Å². The first kappa shape index (κ1) is 25.4. The van der Waals surface area contributed by atoms with E-state index in [0.717, 1.165) is 6.29 Å². The molecular formula is C29H32O8. The minimum absolute atomic E-state index is 0.160. The maximum absolute atomic E-state index is 14.0. The molecule has 2 bridgehead atoms. The number of rotatable bonds is 4. The van der Waals surface area contributed by atoms with Crippen molar-refractivity contribution in [3.05, 3.63) is 48.0 Å². The van der Waals surface area contributed by atoms with E-state index in [2.05, 4.69) is 6.58 Å². The molecule has 4 aliphatic rings. The second-order valence-corrected chi connectivity index (χ2v) is 11.6. The minimum atomic E-state index is -1.85. The largest absolute Gasteiger partial charge is 0.464 e. The number of carbonyl (C=O) groups is 5. The van der Waals surface area contributed by atoms with Gasteiger partial charge in [0.15, 0.2) is 11.2 Å². The summed E-state index contributed by atoms with van der Waals surface area (Å²) in [5.74, 6) is -4.40. The predicted octanol–water partition coefficient (Wildman–Crippen LogP) is 3.47. The lowest BCUT2D eigenvalue weighted by atomic mass is 9.43. The van der Waals surface area contributed by atoms with Crippen molar-refractivity contribution in [1.29, 1.82) is 0 Å². The topological polar surface area (TPSA) is 113 Å². The van der Waals surface area contributed by atoms with Crippen LogP contribution in [-0.2, 0) is 33.4 Å². The van der Waals surface area contributed by atoms with Crippen molar-refractivity contribution in [3.63, 3.8) is 0 Å². The fourth-order valence-electron chi connectivity index (χ4n) is 7.87. The van der Waals surface area contributed by atoms with E-state index in [1.165, 1.54) is 6.92 Å². The highest BCUT2D eigenvalue weighted by atomic mass is 16.6. The number of esters is 3. The van der Waals surface area contributed by atoms with Crippen LogP contribution >= 0.6 is 0 Å². The summed E-state index contributed by atoms with van der Waals surface area (Å²) < 4.78 is 17.6. The second-order valence-electron chi connectivity index (χ2n) is 11.6. The molecule has 1 aliphatic heterocycles. The first-order chi connectivity index (χ1) is 17.5. The molecular weight excluding hydrogens is 476 g/mol. The summed E-state index contributed by atoms with van der Waals surface area (Å²) in [7, 11) is 0. The molecule has 1 aromatic carbocycles. The number of hydrogen-bond donors (Lipinski definition) is 0. The standard InChI is InChI=1S/C29H32O8/c1-16-19-10-11-20-28(21(14-30)27(3,4)13-12-22(28)36-17(2)31)15-35-26(34)29(20,23(16)32)24(19)37-25(33)18-8-6-5-7-9-18/h5-9,14,19-22,24H,1,10-13,15H2,2-4H3/t19-,20-,21+,22-,24+,28-,29-/m0/s1. The van der Waals surface area contributed by atoms with E-state index >= 15 is 0 Å². The normalized spacial score (nSPS) is 37.9. The summed E-state index contributed by atoms with van der Waals surface area (Å²) >= 11 is 0. The van der Waals surface area contributed by atoms with Crippen molar-refractivity contribution in [2.45, 2.75) is 58.7 Å². The van der Waals surface area contributed by atoms with Gasteiger partial charge < -0.3 is 19.0 Å². The van der Waals surface area contributed by atoms with Crippen LogP contribution in [0.1, 0.15) is 56.8 Å². The molecule has 196 valence electrons. The summed E-state index contributed by atoms with van der Waals surface area (Å²) in [5.41, 5.74) is -2.99. The Labute approximate surface area is 215 Å². The van der Waals surface area contributed by atoms with E-state index in [0.29, 0.717) is 31.2 Å². The summed E-state index contributed by atoms with van der Waals surface area (Å²) in [4.78, 5) is 65.9. The third kappa shape index (κ3) is 3.37. The molecule has 1 saturated heterocycles. The summed E-state index contributed by atoms with van der Waals surface area (Å²) in [6.45, 7) is 9.07. The molecule has 7 atom stereocenters. The van der Waals surface area contributed by atoms with Gasteiger partial charge in [0.1, 0.15) is 25.1 Å². The first-order valence-corrected chi connectivity index (χ1v) is 12.8. The van der Waals surface area contributed by atoms with Crippen LogP contribution in [0.5, 0.6) is 0 Å². The number of cyclic esters (lactones) is 1. The molecule has 0 N–H and O–H groups in total. The molecule has 5 rings (SSSR count). The molecule has 2 spiro atoms. The van der Waals surface area contributed by atoms with E-state index < -0.39 is 69.9 Å². The number of ketones is 1. The second kappa shape index (κ2) is 8.64. The molecule has 0 unspecified atom stereocenters. The zero-order valence-electron chi connectivity index (χ0n) is 21.4. The fraction of sp³-hybridized carbons (Fsp3) is 0.552. The van der Waals surface area contributed by atoms with E-state index in [4.69, 9.17) is 14.2 Å². The van der Waals surface area contributed by atoms with Crippen molar-refractivity contribution in [3.8, 4) is 0 Å². The SMILES string of the molecule is C=C1C(=O)[C@@]23C(=O)OC[C@]4([C@@H](OC(C)=O)CCC(C)(C)[C@H]4C=O)[C@@H]2CC[C@@H]1[C@H]3OC(=O)c1ccccc1. The smallest absolute Gasteiger partial charge is 0.338 e. The molecule has 37 heavy (non-hydrogen) atoms. The Bertz CT molecular complexity index is 1190. The van der Waals surface area contributed by atoms with Gasteiger partial charge in [0.25, 0.3) is 0 Å². The molecule has 1 aromatic rings. The molecule has 1 heterocycles. The minimum Gasteiger partial charge on any atom is -0.464 e. The third-order valence-corrected chi connectivity index (χ3v) is 9.44. The number of hydrogen-bond acceptors (Lipinski definition) is 8. The summed E-state index contributed by atoms with van der Waals surface area (Å²) in [6.07, 6.45) is 0.895. The third-order valence-electron chi connectivity index (χ3n) is 9.44. The Morgan fingerprint density at radius 1 is 1.08 bits per heavy atom. The number of ether oxygens (including phenoxy) is 3. The summed E-state index contributed by atoms with van der Waals surface area (Å²) in [5, 5.41) is 0. The van der Waals surface area contributed by atoms with Crippen LogP contribution in [0.3, 0.4) is 0 Å². The van der Waals surface area contributed by atoms with E-state index in [1.54, 1.807) is 30.3 Å².